The Morgan fingerprint density at radius 2 is 0.609 bits per heavy atom. The minimum atomic E-state index is -0.104. The number of hydrogen-bond donors (Lipinski definition) is 0. The van der Waals surface area contributed by atoms with E-state index in [1.807, 2.05) is 0 Å². The first kappa shape index (κ1) is 23.5. The summed E-state index contributed by atoms with van der Waals surface area (Å²) >= 11 is -0.104. The molecule has 23 heavy (non-hydrogen) atoms. The van der Waals surface area contributed by atoms with Crippen molar-refractivity contribution in [1.29, 1.82) is 0 Å². The van der Waals surface area contributed by atoms with Crippen molar-refractivity contribution in [3.63, 3.8) is 0 Å². The van der Waals surface area contributed by atoms with Gasteiger partial charge in [-0.15, -0.1) is 0 Å². The van der Waals surface area contributed by atoms with Gasteiger partial charge in [-0.1, -0.05) is 0 Å². The quantitative estimate of drug-likeness (QED) is 0.147. The van der Waals surface area contributed by atoms with Crippen LogP contribution in [0.25, 0.3) is 0 Å². The van der Waals surface area contributed by atoms with Crippen molar-refractivity contribution in [2.24, 2.45) is 0 Å². The molecule has 0 radical (unpaired) electrons. The molecule has 0 aliphatic carbocycles. The van der Waals surface area contributed by atoms with Gasteiger partial charge in [-0.2, -0.15) is 0 Å². The van der Waals surface area contributed by atoms with E-state index in [1.54, 1.807) is 23.3 Å². The molecule has 0 aromatic heterocycles. The number of unbranched alkanes of at least 4 members (excludes halogenated alkanes) is 16. The zero-order valence-corrected chi connectivity index (χ0v) is 19.8. The second kappa shape index (κ2) is 22.5. The van der Waals surface area contributed by atoms with E-state index in [0.717, 1.165) is 0 Å². The van der Waals surface area contributed by atoms with E-state index in [1.165, 1.54) is 103 Å². The van der Waals surface area contributed by atoms with Gasteiger partial charge in [0.15, 0.2) is 0 Å². The molecule has 0 fully saturated rings. The van der Waals surface area contributed by atoms with Crippen LogP contribution in [0.15, 0.2) is 0 Å². The molecule has 0 unspecified atom stereocenters. The molecule has 0 aromatic carbocycles. The van der Waals surface area contributed by atoms with Gasteiger partial charge in [0, 0.05) is 0 Å². The van der Waals surface area contributed by atoms with Crippen LogP contribution in [0.2, 0.25) is 10.5 Å². The fourth-order valence-electron chi connectivity index (χ4n) is 3.51. The predicted octanol–water partition coefficient (Wildman–Crippen LogP) is 8.05. The summed E-state index contributed by atoms with van der Waals surface area (Å²) < 4.78 is 0. The molecule has 140 valence electrons. The van der Waals surface area contributed by atoms with Crippen LogP contribution < -0.4 is 0 Å². The van der Waals surface area contributed by atoms with E-state index >= 15 is 0 Å². The van der Waals surface area contributed by atoms with Crippen LogP contribution in [0, 0.1) is 0 Å². The Labute approximate surface area is 155 Å². The SMILES string of the molecule is CCCCCCCCCC[CH2][GeH2][CH2]CCCCCCCCCC. The molecule has 0 aliphatic heterocycles. The van der Waals surface area contributed by atoms with Gasteiger partial charge in [0.1, 0.15) is 0 Å². The third-order valence-electron chi connectivity index (χ3n) is 5.21. The average molecular weight is 385 g/mol. The van der Waals surface area contributed by atoms with E-state index in [4.69, 9.17) is 0 Å². The molecule has 0 atom stereocenters. The van der Waals surface area contributed by atoms with E-state index < -0.39 is 0 Å². The van der Waals surface area contributed by atoms with Gasteiger partial charge < -0.3 is 0 Å². The molecule has 0 amide bonds. The Morgan fingerprint density at radius 1 is 0.348 bits per heavy atom. The molecule has 0 spiro atoms. The maximum absolute atomic E-state index is 2.31. The van der Waals surface area contributed by atoms with Gasteiger partial charge in [-0.3, -0.25) is 0 Å². The second-order valence-electron chi connectivity index (χ2n) is 7.72. The Kier molecular flexibility index (Phi) is 23.1. The Bertz CT molecular complexity index is 170. The average Bonchev–Trinajstić information content (AvgIpc) is 2.57. The van der Waals surface area contributed by atoms with Crippen LogP contribution in [-0.4, -0.2) is 15.4 Å². The van der Waals surface area contributed by atoms with Crippen LogP contribution in [0.4, 0.5) is 0 Å². The van der Waals surface area contributed by atoms with Crippen molar-refractivity contribution in [2.45, 2.75) is 140 Å². The maximum atomic E-state index is 2.31. The summed E-state index contributed by atoms with van der Waals surface area (Å²) in [6, 6.07) is 0. The van der Waals surface area contributed by atoms with Crippen molar-refractivity contribution in [1.82, 2.24) is 0 Å². The van der Waals surface area contributed by atoms with Gasteiger partial charge in [-0.25, -0.2) is 0 Å². The molecule has 0 heterocycles. The summed E-state index contributed by atoms with van der Waals surface area (Å²) in [5.41, 5.74) is 0. The van der Waals surface area contributed by atoms with E-state index in [2.05, 4.69) is 13.8 Å². The standard InChI is InChI=1S/C22H48Ge/c1-3-5-7-9-11-13-15-17-19-21-23-22-20-18-16-14-12-10-8-6-4-2/h3-23H2,1-2H3. The van der Waals surface area contributed by atoms with Crippen molar-refractivity contribution >= 4 is 15.4 Å². The molecule has 0 bridgehead atoms. The minimum absolute atomic E-state index is 0.104. The molecule has 0 aromatic rings. The molecular formula is C22H48Ge. The van der Waals surface area contributed by atoms with Gasteiger partial charge in [0.25, 0.3) is 0 Å². The Morgan fingerprint density at radius 3 is 0.913 bits per heavy atom. The summed E-state index contributed by atoms with van der Waals surface area (Å²) in [5, 5.41) is 3.36. The van der Waals surface area contributed by atoms with Crippen LogP contribution in [0.3, 0.4) is 0 Å². The molecule has 0 saturated heterocycles. The summed E-state index contributed by atoms with van der Waals surface area (Å²) in [6.45, 7) is 4.61. The zero-order valence-electron chi connectivity index (χ0n) is 16.8. The summed E-state index contributed by atoms with van der Waals surface area (Å²) in [6.07, 6.45) is 26.9. The van der Waals surface area contributed by atoms with Gasteiger partial charge in [0.2, 0.25) is 0 Å². The van der Waals surface area contributed by atoms with Gasteiger partial charge >= 0.3 is 155 Å². The fraction of sp³-hybridized carbons (Fsp3) is 1.00. The van der Waals surface area contributed by atoms with E-state index in [-0.39, 0.29) is 15.4 Å². The third kappa shape index (κ3) is 22.5. The van der Waals surface area contributed by atoms with Gasteiger partial charge in [-0.05, 0) is 0 Å². The molecular weight excluding hydrogens is 337 g/mol. The van der Waals surface area contributed by atoms with Gasteiger partial charge in [0.05, 0.1) is 0 Å². The van der Waals surface area contributed by atoms with Crippen molar-refractivity contribution in [2.75, 3.05) is 0 Å². The molecule has 0 N–H and O–H groups in total. The van der Waals surface area contributed by atoms with E-state index in [0.29, 0.717) is 0 Å². The van der Waals surface area contributed by atoms with Crippen LogP contribution in [-0.2, 0) is 0 Å². The summed E-state index contributed by atoms with van der Waals surface area (Å²) in [4.78, 5) is 0. The first-order valence-corrected chi connectivity index (χ1v) is 15.6. The summed E-state index contributed by atoms with van der Waals surface area (Å²) in [7, 11) is 0. The molecule has 0 saturated carbocycles. The third-order valence-corrected chi connectivity index (χ3v) is 9.40. The topological polar surface area (TPSA) is 0 Å². The van der Waals surface area contributed by atoms with Crippen molar-refractivity contribution in [3.8, 4) is 0 Å². The normalized spacial score (nSPS) is 11.2. The first-order valence-electron chi connectivity index (χ1n) is 11.4. The van der Waals surface area contributed by atoms with Crippen LogP contribution >= 0.6 is 0 Å². The zero-order chi connectivity index (χ0) is 16.8. The van der Waals surface area contributed by atoms with Crippen LogP contribution in [0.1, 0.15) is 129 Å². The Hall–Kier alpha value is 0.543. The van der Waals surface area contributed by atoms with Crippen molar-refractivity contribution in [3.05, 3.63) is 0 Å². The number of rotatable bonds is 20. The Balaban J connectivity index is 2.92. The predicted molar refractivity (Wildman–Crippen MR) is 113 cm³/mol. The molecule has 0 nitrogen and oxygen atoms in total. The fourth-order valence-corrected chi connectivity index (χ4v) is 7.21. The molecule has 1 heteroatoms. The second-order valence-corrected chi connectivity index (χ2v) is 12.2. The van der Waals surface area contributed by atoms with Crippen molar-refractivity contribution < 1.29 is 0 Å². The van der Waals surface area contributed by atoms with Crippen LogP contribution in [0.5, 0.6) is 0 Å². The molecule has 0 aliphatic rings. The number of hydrogen-bond acceptors (Lipinski definition) is 0. The molecule has 0 rings (SSSR count). The van der Waals surface area contributed by atoms with E-state index in [9.17, 15) is 0 Å². The monoisotopic (exact) mass is 386 g/mol. The first-order chi connectivity index (χ1) is 11.4. The summed E-state index contributed by atoms with van der Waals surface area (Å²) in [5.74, 6) is 0.